The van der Waals surface area contributed by atoms with Crippen LogP contribution in [0.1, 0.15) is 24.5 Å². The predicted octanol–water partition coefficient (Wildman–Crippen LogP) is 2.84. The summed E-state index contributed by atoms with van der Waals surface area (Å²) < 4.78 is 5.69. The Hall–Kier alpha value is -2.53. The summed E-state index contributed by atoms with van der Waals surface area (Å²) in [7, 11) is 0. The third-order valence-corrected chi connectivity index (χ3v) is 3.47. The molecule has 3 N–H and O–H groups in total. The van der Waals surface area contributed by atoms with Gasteiger partial charge in [0.2, 0.25) is 0 Å². The lowest BCUT2D eigenvalue weighted by Crippen LogP contribution is -2.36. The molecule has 0 bridgehead atoms. The first-order valence-corrected chi connectivity index (χ1v) is 8.09. The van der Waals surface area contributed by atoms with Crippen LogP contribution in [0.15, 0.2) is 54.6 Å². The number of carbonyl (C=O) groups is 1. The molecule has 0 aliphatic heterocycles. The molecule has 0 aromatic heterocycles. The van der Waals surface area contributed by atoms with Crippen LogP contribution in [0.4, 0.5) is 4.79 Å². The molecule has 2 aromatic rings. The molecule has 128 valence electrons. The molecule has 0 fully saturated rings. The highest BCUT2D eigenvalue weighted by molar-refractivity contribution is 5.73. The van der Waals surface area contributed by atoms with Gasteiger partial charge in [0.25, 0.3) is 0 Å². The van der Waals surface area contributed by atoms with Gasteiger partial charge in [0.15, 0.2) is 0 Å². The van der Waals surface area contributed by atoms with Crippen molar-refractivity contribution in [3.63, 3.8) is 0 Å². The van der Waals surface area contributed by atoms with Crippen molar-refractivity contribution in [3.05, 3.63) is 65.7 Å². The summed E-state index contributed by atoms with van der Waals surface area (Å²) in [5.74, 6) is 0.845. The Morgan fingerprint density at radius 2 is 1.71 bits per heavy atom. The van der Waals surface area contributed by atoms with Crippen LogP contribution in [0.2, 0.25) is 0 Å². The minimum atomic E-state index is -0.407. The molecular weight excluding hydrogens is 304 g/mol. The van der Waals surface area contributed by atoms with E-state index in [-0.39, 0.29) is 6.03 Å². The van der Waals surface area contributed by atoms with E-state index in [9.17, 15) is 4.79 Å². The van der Waals surface area contributed by atoms with Gasteiger partial charge in [-0.15, -0.1) is 0 Å². The van der Waals surface area contributed by atoms with E-state index < -0.39 is 6.10 Å². The Morgan fingerprint density at radius 3 is 2.38 bits per heavy atom. The fourth-order valence-corrected chi connectivity index (χ4v) is 2.08. The van der Waals surface area contributed by atoms with Crippen molar-refractivity contribution in [3.8, 4) is 5.75 Å². The van der Waals surface area contributed by atoms with Crippen LogP contribution < -0.4 is 15.4 Å². The number of hydrogen-bond acceptors (Lipinski definition) is 3. The van der Waals surface area contributed by atoms with Crippen molar-refractivity contribution < 1.29 is 14.6 Å². The normalized spacial score (nSPS) is 11.6. The molecule has 1 atom stereocenters. The summed E-state index contributed by atoms with van der Waals surface area (Å²) in [6, 6.07) is 17.4. The Labute approximate surface area is 142 Å². The molecule has 2 amide bonds. The summed E-state index contributed by atoms with van der Waals surface area (Å²) in [5.41, 5.74) is 2.09. The van der Waals surface area contributed by atoms with Crippen LogP contribution in [-0.2, 0) is 13.2 Å². The van der Waals surface area contributed by atoms with Crippen molar-refractivity contribution in [2.45, 2.75) is 32.6 Å². The quantitative estimate of drug-likeness (QED) is 0.698. The van der Waals surface area contributed by atoms with Gasteiger partial charge in [0.05, 0.1) is 6.10 Å². The van der Waals surface area contributed by atoms with Gasteiger partial charge >= 0.3 is 6.03 Å². The molecule has 24 heavy (non-hydrogen) atoms. The topological polar surface area (TPSA) is 70.6 Å². The van der Waals surface area contributed by atoms with E-state index in [0.717, 1.165) is 16.9 Å². The van der Waals surface area contributed by atoms with Crippen molar-refractivity contribution in [1.82, 2.24) is 10.6 Å². The number of para-hydroxylation sites is 1. The lowest BCUT2D eigenvalue weighted by atomic mass is 10.1. The van der Waals surface area contributed by atoms with E-state index in [1.54, 1.807) is 6.92 Å². The Kier molecular flexibility index (Phi) is 7.11. The molecule has 5 heteroatoms. The molecule has 0 saturated carbocycles. The van der Waals surface area contributed by atoms with Gasteiger partial charge in [-0.25, -0.2) is 4.79 Å². The molecule has 1 unspecified atom stereocenters. The van der Waals surface area contributed by atoms with Gasteiger partial charge in [-0.2, -0.15) is 0 Å². The lowest BCUT2D eigenvalue weighted by Gasteiger charge is -2.10. The average molecular weight is 328 g/mol. The van der Waals surface area contributed by atoms with E-state index in [1.807, 2.05) is 54.6 Å². The van der Waals surface area contributed by atoms with E-state index >= 15 is 0 Å². The van der Waals surface area contributed by atoms with Crippen molar-refractivity contribution in [1.29, 1.82) is 0 Å². The minimum absolute atomic E-state index is 0.230. The third kappa shape index (κ3) is 6.71. The summed E-state index contributed by atoms with van der Waals surface area (Å²) in [6.07, 6.45) is 0.139. The molecule has 0 radical (unpaired) electrons. The number of hydrogen-bond donors (Lipinski definition) is 3. The average Bonchev–Trinajstić information content (AvgIpc) is 2.59. The summed E-state index contributed by atoms with van der Waals surface area (Å²) >= 11 is 0. The highest BCUT2D eigenvalue weighted by Crippen LogP contribution is 2.12. The molecule has 2 aromatic carbocycles. The molecule has 2 rings (SSSR count). The highest BCUT2D eigenvalue weighted by atomic mass is 16.5. The van der Waals surface area contributed by atoms with Crippen LogP contribution in [0.25, 0.3) is 0 Å². The highest BCUT2D eigenvalue weighted by Gasteiger charge is 2.02. The van der Waals surface area contributed by atoms with Gasteiger partial charge in [-0.05, 0) is 36.6 Å². The number of ether oxygens (including phenoxy) is 1. The summed E-state index contributed by atoms with van der Waals surface area (Å²) in [4.78, 5) is 11.6. The second-order valence-corrected chi connectivity index (χ2v) is 5.67. The maximum absolute atomic E-state index is 11.6. The van der Waals surface area contributed by atoms with Gasteiger partial charge < -0.3 is 20.5 Å². The number of carbonyl (C=O) groups excluding carboxylic acids is 1. The first kappa shape index (κ1) is 17.8. The minimum Gasteiger partial charge on any atom is -0.489 e. The fraction of sp³-hybridized carbons (Fsp3) is 0.316. The number of benzene rings is 2. The first-order valence-electron chi connectivity index (χ1n) is 8.09. The zero-order valence-corrected chi connectivity index (χ0v) is 13.9. The number of urea groups is 1. The number of aliphatic hydroxyl groups excluding tert-OH is 1. The zero-order valence-electron chi connectivity index (χ0n) is 13.9. The lowest BCUT2D eigenvalue weighted by molar-refractivity contribution is 0.183. The maximum atomic E-state index is 11.6. The van der Waals surface area contributed by atoms with Crippen LogP contribution in [0, 0.1) is 0 Å². The van der Waals surface area contributed by atoms with E-state index in [2.05, 4.69) is 10.6 Å². The molecule has 0 heterocycles. The number of nitrogens with one attached hydrogen (secondary N) is 2. The molecule has 0 aliphatic carbocycles. The standard InChI is InChI=1S/C19H24N2O3/c1-15(22)11-12-20-19(23)21-13-16-7-9-17(10-8-16)14-24-18-5-3-2-4-6-18/h2-10,15,22H,11-14H2,1H3,(H2,20,21,23). The largest absolute Gasteiger partial charge is 0.489 e. The fourth-order valence-electron chi connectivity index (χ4n) is 2.08. The van der Waals surface area contributed by atoms with Crippen molar-refractivity contribution >= 4 is 6.03 Å². The van der Waals surface area contributed by atoms with E-state index in [4.69, 9.17) is 9.84 Å². The summed E-state index contributed by atoms with van der Waals surface area (Å²) in [6.45, 7) is 3.12. The number of aliphatic hydroxyl groups is 1. The van der Waals surface area contributed by atoms with E-state index in [1.165, 1.54) is 0 Å². The van der Waals surface area contributed by atoms with Gasteiger partial charge in [0, 0.05) is 13.1 Å². The SMILES string of the molecule is CC(O)CCNC(=O)NCc1ccc(COc2ccccc2)cc1. The molecule has 0 saturated heterocycles. The van der Waals surface area contributed by atoms with Crippen LogP contribution in [0.3, 0.4) is 0 Å². The van der Waals surface area contributed by atoms with Gasteiger partial charge in [-0.1, -0.05) is 42.5 Å². The van der Waals surface area contributed by atoms with Crippen molar-refractivity contribution in [2.24, 2.45) is 0 Å². The molecular formula is C19H24N2O3. The smallest absolute Gasteiger partial charge is 0.315 e. The first-order chi connectivity index (χ1) is 11.6. The predicted molar refractivity (Wildman–Crippen MR) is 93.8 cm³/mol. The summed E-state index contributed by atoms with van der Waals surface area (Å²) in [5, 5.41) is 14.6. The van der Waals surface area contributed by atoms with Crippen LogP contribution in [0.5, 0.6) is 5.75 Å². The van der Waals surface area contributed by atoms with Gasteiger partial charge in [0.1, 0.15) is 12.4 Å². The molecule has 0 spiro atoms. The Balaban J connectivity index is 1.70. The van der Waals surface area contributed by atoms with E-state index in [0.29, 0.717) is 26.1 Å². The second kappa shape index (κ2) is 9.57. The van der Waals surface area contributed by atoms with Crippen LogP contribution in [-0.4, -0.2) is 23.8 Å². The van der Waals surface area contributed by atoms with Crippen molar-refractivity contribution in [2.75, 3.05) is 6.54 Å². The number of rotatable bonds is 8. The van der Waals surface area contributed by atoms with Gasteiger partial charge in [-0.3, -0.25) is 0 Å². The second-order valence-electron chi connectivity index (χ2n) is 5.67. The van der Waals surface area contributed by atoms with Crippen LogP contribution >= 0.6 is 0 Å². The molecule has 0 aliphatic rings. The zero-order chi connectivity index (χ0) is 17.2. The Morgan fingerprint density at radius 1 is 1.04 bits per heavy atom. The maximum Gasteiger partial charge on any atom is 0.315 e. The Bertz CT molecular complexity index is 612. The third-order valence-electron chi connectivity index (χ3n) is 3.47. The monoisotopic (exact) mass is 328 g/mol. The number of amides is 2. The molecule has 5 nitrogen and oxygen atoms in total.